The summed E-state index contributed by atoms with van der Waals surface area (Å²) >= 11 is 0. The molecule has 112 valence electrons. The monoisotopic (exact) mass is 299 g/mol. The van der Waals surface area contributed by atoms with E-state index < -0.39 is 10.0 Å². The second kappa shape index (κ2) is 6.51. The standard InChI is InChI=1S/C13H21N3O3S/c1-2-11(10-17)15-13-6-5-12(9-14-13)20(18,19)16-7-3-4-8-16/h5-6,9,11,17H,2-4,7-8,10H2,1H3,(H,14,15)/t11-/m0/s1. The van der Waals surface area contributed by atoms with Gasteiger partial charge in [0.1, 0.15) is 10.7 Å². The first-order valence-electron chi connectivity index (χ1n) is 6.91. The van der Waals surface area contributed by atoms with E-state index in [1.54, 1.807) is 12.1 Å². The van der Waals surface area contributed by atoms with Crippen LogP contribution in [0.15, 0.2) is 23.2 Å². The molecule has 0 saturated carbocycles. The van der Waals surface area contributed by atoms with Crippen LogP contribution in [0.3, 0.4) is 0 Å². The molecule has 1 fully saturated rings. The van der Waals surface area contributed by atoms with E-state index >= 15 is 0 Å². The number of sulfonamides is 1. The summed E-state index contributed by atoms with van der Waals surface area (Å²) < 4.78 is 26.1. The highest BCUT2D eigenvalue weighted by atomic mass is 32.2. The average molecular weight is 299 g/mol. The van der Waals surface area contributed by atoms with Crippen LogP contribution in [-0.4, -0.2) is 48.6 Å². The van der Waals surface area contributed by atoms with Crippen molar-refractivity contribution < 1.29 is 13.5 Å². The molecule has 0 unspecified atom stereocenters. The Labute approximate surface area is 119 Å². The molecule has 2 rings (SSSR count). The van der Waals surface area contributed by atoms with Crippen molar-refractivity contribution in [3.05, 3.63) is 18.3 Å². The summed E-state index contributed by atoms with van der Waals surface area (Å²) in [5.74, 6) is 0.575. The van der Waals surface area contributed by atoms with Gasteiger partial charge in [0, 0.05) is 19.3 Å². The van der Waals surface area contributed by atoms with Gasteiger partial charge >= 0.3 is 0 Å². The minimum atomic E-state index is -3.40. The first-order chi connectivity index (χ1) is 9.57. The number of nitrogens with one attached hydrogen (secondary N) is 1. The first-order valence-corrected chi connectivity index (χ1v) is 8.35. The van der Waals surface area contributed by atoms with E-state index in [0.717, 1.165) is 19.3 Å². The summed E-state index contributed by atoms with van der Waals surface area (Å²) in [6.07, 6.45) is 3.98. The lowest BCUT2D eigenvalue weighted by Crippen LogP contribution is -2.28. The van der Waals surface area contributed by atoms with Gasteiger partial charge in [-0.15, -0.1) is 0 Å². The van der Waals surface area contributed by atoms with Gasteiger partial charge in [0.25, 0.3) is 0 Å². The third-order valence-electron chi connectivity index (χ3n) is 3.50. The van der Waals surface area contributed by atoms with Crippen LogP contribution in [0.1, 0.15) is 26.2 Å². The average Bonchev–Trinajstić information content (AvgIpc) is 3.00. The number of anilines is 1. The molecule has 1 aliphatic rings. The summed E-state index contributed by atoms with van der Waals surface area (Å²) in [4.78, 5) is 4.35. The number of nitrogens with zero attached hydrogens (tertiary/aromatic N) is 2. The van der Waals surface area contributed by atoms with Crippen LogP contribution in [0.4, 0.5) is 5.82 Å². The number of aromatic nitrogens is 1. The molecule has 0 aliphatic carbocycles. The highest BCUT2D eigenvalue weighted by molar-refractivity contribution is 7.89. The topological polar surface area (TPSA) is 82.5 Å². The van der Waals surface area contributed by atoms with Gasteiger partial charge in [0.2, 0.25) is 10.0 Å². The van der Waals surface area contributed by atoms with E-state index in [1.807, 2.05) is 6.92 Å². The Balaban J connectivity index is 2.11. The Kier molecular flexibility index (Phi) is 4.95. The summed E-state index contributed by atoms with van der Waals surface area (Å²) in [6.45, 7) is 3.15. The van der Waals surface area contributed by atoms with Gasteiger partial charge in [0.05, 0.1) is 12.6 Å². The van der Waals surface area contributed by atoms with Gasteiger partial charge in [0.15, 0.2) is 0 Å². The Morgan fingerprint density at radius 1 is 1.40 bits per heavy atom. The normalized spacial score (nSPS) is 18.1. The molecule has 0 aromatic carbocycles. The molecular formula is C13H21N3O3S. The largest absolute Gasteiger partial charge is 0.394 e. The van der Waals surface area contributed by atoms with Crippen LogP contribution in [-0.2, 0) is 10.0 Å². The molecule has 1 saturated heterocycles. The molecule has 7 heteroatoms. The minimum Gasteiger partial charge on any atom is -0.394 e. The van der Waals surface area contributed by atoms with E-state index in [4.69, 9.17) is 5.11 Å². The summed E-state index contributed by atoms with van der Waals surface area (Å²) in [6, 6.07) is 3.14. The number of pyridine rings is 1. The molecule has 0 radical (unpaired) electrons. The fourth-order valence-electron chi connectivity index (χ4n) is 2.18. The summed E-state index contributed by atoms with van der Waals surface area (Å²) in [5.41, 5.74) is 0. The van der Waals surface area contributed by atoms with Crippen LogP contribution in [0.2, 0.25) is 0 Å². The van der Waals surface area contributed by atoms with E-state index in [9.17, 15) is 8.42 Å². The number of hydrogen-bond donors (Lipinski definition) is 2. The highest BCUT2D eigenvalue weighted by Crippen LogP contribution is 2.21. The maximum atomic E-state index is 12.3. The molecule has 2 heterocycles. The van der Waals surface area contributed by atoms with Gasteiger partial charge < -0.3 is 10.4 Å². The second-order valence-electron chi connectivity index (χ2n) is 4.92. The first kappa shape index (κ1) is 15.2. The Morgan fingerprint density at radius 3 is 2.60 bits per heavy atom. The van der Waals surface area contributed by atoms with E-state index in [0.29, 0.717) is 18.9 Å². The van der Waals surface area contributed by atoms with E-state index in [-0.39, 0.29) is 17.5 Å². The Morgan fingerprint density at radius 2 is 2.10 bits per heavy atom. The number of aliphatic hydroxyl groups is 1. The van der Waals surface area contributed by atoms with Crippen molar-refractivity contribution in [2.45, 2.75) is 37.1 Å². The van der Waals surface area contributed by atoms with Crippen molar-refractivity contribution in [1.29, 1.82) is 0 Å². The lowest BCUT2D eigenvalue weighted by Gasteiger charge is -2.17. The number of aliphatic hydroxyl groups excluding tert-OH is 1. The third kappa shape index (κ3) is 3.28. The quantitative estimate of drug-likeness (QED) is 0.820. The molecule has 1 aliphatic heterocycles. The van der Waals surface area contributed by atoms with Crippen LogP contribution in [0, 0.1) is 0 Å². The maximum absolute atomic E-state index is 12.3. The molecule has 0 bridgehead atoms. The van der Waals surface area contributed by atoms with Crippen molar-refractivity contribution >= 4 is 15.8 Å². The predicted molar refractivity (Wildman–Crippen MR) is 77.0 cm³/mol. The fourth-order valence-corrected chi connectivity index (χ4v) is 3.64. The van der Waals surface area contributed by atoms with E-state index in [2.05, 4.69) is 10.3 Å². The van der Waals surface area contributed by atoms with Gasteiger partial charge in [-0.3, -0.25) is 0 Å². The third-order valence-corrected chi connectivity index (χ3v) is 5.39. The van der Waals surface area contributed by atoms with Gasteiger partial charge in [-0.2, -0.15) is 4.31 Å². The highest BCUT2D eigenvalue weighted by Gasteiger charge is 2.27. The molecule has 1 atom stereocenters. The minimum absolute atomic E-state index is 0.0198. The van der Waals surface area contributed by atoms with Crippen LogP contribution in [0.25, 0.3) is 0 Å². The van der Waals surface area contributed by atoms with Crippen molar-refractivity contribution in [2.24, 2.45) is 0 Å². The SMILES string of the molecule is CC[C@@H](CO)Nc1ccc(S(=O)(=O)N2CCCC2)cn1. The van der Waals surface area contributed by atoms with Crippen LogP contribution in [0.5, 0.6) is 0 Å². The van der Waals surface area contributed by atoms with Gasteiger partial charge in [-0.1, -0.05) is 6.92 Å². The Bertz CT molecular complexity index is 520. The molecule has 0 spiro atoms. The van der Waals surface area contributed by atoms with E-state index in [1.165, 1.54) is 10.5 Å². The zero-order chi connectivity index (χ0) is 14.6. The van der Waals surface area contributed by atoms with Crippen molar-refractivity contribution in [3.63, 3.8) is 0 Å². The van der Waals surface area contributed by atoms with Gasteiger partial charge in [-0.05, 0) is 31.4 Å². The van der Waals surface area contributed by atoms with Crippen molar-refractivity contribution in [2.75, 3.05) is 25.0 Å². The molecule has 1 aromatic heterocycles. The van der Waals surface area contributed by atoms with Gasteiger partial charge in [-0.25, -0.2) is 13.4 Å². The molecule has 6 nitrogen and oxygen atoms in total. The molecule has 1 aromatic rings. The number of rotatable bonds is 6. The lowest BCUT2D eigenvalue weighted by molar-refractivity contribution is 0.271. The molecular weight excluding hydrogens is 278 g/mol. The number of hydrogen-bond acceptors (Lipinski definition) is 5. The van der Waals surface area contributed by atoms with Crippen molar-refractivity contribution in [3.8, 4) is 0 Å². The Hall–Kier alpha value is -1.18. The molecule has 20 heavy (non-hydrogen) atoms. The summed E-state index contributed by atoms with van der Waals surface area (Å²) in [5, 5.41) is 12.2. The van der Waals surface area contributed by atoms with Crippen LogP contribution >= 0.6 is 0 Å². The maximum Gasteiger partial charge on any atom is 0.244 e. The lowest BCUT2D eigenvalue weighted by atomic mass is 10.2. The zero-order valence-electron chi connectivity index (χ0n) is 11.6. The van der Waals surface area contributed by atoms with Crippen molar-refractivity contribution in [1.82, 2.24) is 9.29 Å². The summed E-state index contributed by atoms with van der Waals surface area (Å²) in [7, 11) is -3.40. The zero-order valence-corrected chi connectivity index (χ0v) is 12.4. The predicted octanol–water partition coefficient (Wildman–Crippen LogP) is 1.05. The van der Waals surface area contributed by atoms with Crippen LogP contribution < -0.4 is 5.32 Å². The smallest absolute Gasteiger partial charge is 0.244 e. The molecule has 2 N–H and O–H groups in total. The fraction of sp³-hybridized carbons (Fsp3) is 0.615. The molecule has 0 amide bonds. The second-order valence-corrected chi connectivity index (χ2v) is 6.86.